The summed E-state index contributed by atoms with van der Waals surface area (Å²) in [6.07, 6.45) is 0.821. The maximum atomic E-state index is 13.4. The van der Waals surface area contributed by atoms with Crippen molar-refractivity contribution in [3.63, 3.8) is 0 Å². The molecule has 0 radical (unpaired) electrons. The number of hydrogen-bond donors (Lipinski definition) is 0. The molecule has 1 heterocycles. The number of thiazole rings is 1. The fourth-order valence-electron chi connectivity index (χ4n) is 2.72. The first-order valence-corrected chi connectivity index (χ1v) is 12.6. The average Bonchev–Trinajstić information content (AvgIpc) is 3.17. The van der Waals surface area contributed by atoms with E-state index in [1.165, 1.54) is 59.9 Å². The van der Waals surface area contributed by atoms with Gasteiger partial charge in [-0.25, -0.2) is 26.8 Å². The number of nitrogens with zero attached hydrogens (tertiary/aromatic N) is 2. The van der Waals surface area contributed by atoms with Gasteiger partial charge in [0.2, 0.25) is 29.4 Å². The van der Waals surface area contributed by atoms with Gasteiger partial charge in [0.25, 0.3) is 0 Å². The third-order valence-corrected chi connectivity index (χ3v) is 9.84. The summed E-state index contributed by atoms with van der Waals surface area (Å²) < 4.78 is 68.3. The van der Waals surface area contributed by atoms with E-state index in [1.807, 2.05) is 12.1 Å². The van der Waals surface area contributed by atoms with Crippen LogP contribution in [0.2, 0.25) is 0 Å². The number of aromatic nitrogens is 1. The summed E-state index contributed by atoms with van der Waals surface area (Å²) in [5, 5.41) is 0.194. The van der Waals surface area contributed by atoms with Crippen LogP contribution in [0.3, 0.4) is 0 Å². The first-order valence-electron chi connectivity index (χ1n) is 9.70. The van der Waals surface area contributed by atoms with E-state index in [1.54, 1.807) is 12.1 Å². The molecular formula is C21H16N2O4S3. The van der Waals surface area contributed by atoms with Gasteiger partial charge in [-0.1, -0.05) is 59.9 Å². The normalized spacial score (nSPS) is 13.6. The second kappa shape index (κ2) is 8.10. The SMILES string of the molecule is [2H]c1ccccc1S(=O)(=O)C(C=Nc1nc2ccccc2s1)S(=O)(=O)c1ccccc1[2H]. The zero-order valence-electron chi connectivity index (χ0n) is 17.3. The fraction of sp³-hybridized carbons (Fsp3) is 0.0476. The number of sulfone groups is 2. The molecule has 0 spiro atoms. The summed E-state index contributed by atoms with van der Waals surface area (Å²) in [5.41, 5.74) is 0.653. The molecule has 3 aromatic carbocycles. The Balaban J connectivity index is 1.88. The van der Waals surface area contributed by atoms with Gasteiger partial charge >= 0.3 is 0 Å². The Labute approximate surface area is 181 Å². The predicted octanol–water partition coefficient (Wildman–Crippen LogP) is 4.27. The molecule has 1 aromatic heterocycles. The van der Waals surface area contributed by atoms with Crippen LogP contribution in [0.15, 0.2) is 99.7 Å². The van der Waals surface area contributed by atoms with E-state index in [2.05, 4.69) is 9.98 Å². The second-order valence-electron chi connectivity index (χ2n) is 6.15. The summed E-state index contributed by atoms with van der Waals surface area (Å²) in [4.78, 5) is 7.50. The lowest BCUT2D eigenvalue weighted by Gasteiger charge is -2.14. The molecule has 0 N–H and O–H groups in total. The molecule has 0 saturated carbocycles. The second-order valence-corrected chi connectivity index (χ2v) is 11.5. The van der Waals surface area contributed by atoms with Crippen molar-refractivity contribution in [2.24, 2.45) is 4.99 Å². The van der Waals surface area contributed by atoms with Crippen molar-refractivity contribution in [1.82, 2.24) is 4.98 Å². The molecule has 0 aliphatic heterocycles. The molecule has 6 nitrogen and oxygen atoms in total. The first kappa shape index (κ1) is 17.9. The molecule has 4 rings (SSSR count). The predicted molar refractivity (Wildman–Crippen MR) is 119 cm³/mol. The van der Waals surface area contributed by atoms with Crippen molar-refractivity contribution >= 4 is 52.6 Å². The van der Waals surface area contributed by atoms with E-state index in [4.69, 9.17) is 2.74 Å². The van der Waals surface area contributed by atoms with Gasteiger partial charge in [-0.05, 0) is 36.4 Å². The van der Waals surface area contributed by atoms with Crippen LogP contribution in [0.25, 0.3) is 10.2 Å². The number of benzene rings is 3. The standard InChI is InChI=1S/C21H16N2O4S3/c24-29(25,16-9-3-1-4-10-16)20(30(26,27)17-11-5-2-6-12-17)15-22-21-23-18-13-7-8-14-19(18)28-21/h1-15,20H/i9D,11D. The molecule has 0 amide bonds. The lowest BCUT2D eigenvalue weighted by Crippen LogP contribution is -2.32. The molecule has 0 fully saturated rings. The molecule has 4 aromatic rings. The highest BCUT2D eigenvalue weighted by Crippen LogP contribution is 2.29. The van der Waals surface area contributed by atoms with E-state index in [9.17, 15) is 16.8 Å². The van der Waals surface area contributed by atoms with E-state index >= 15 is 0 Å². The number of hydrogen-bond acceptors (Lipinski definition) is 7. The minimum absolute atomic E-state index is 0.194. The average molecular weight is 459 g/mol. The molecule has 152 valence electrons. The topological polar surface area (TPSA) is 93.5 Å². The quantitative estimate of drug-likeness (QED) is 0.402. The Morgan fingerprint density at radius 3 is 1.97 bits per heavy atom. The Bertz CT molecular complexity index is 1440. The number of aliphatic imine (C=N–C) groups is 1. The van der Waals surface area contributed by atoms with Gasteiger partial charge in [0.15, 0.2) is 0 Å². The van der Waals surface area contributed by atoms with Crippen molar-refractivity contribution in [2.75, 3.05) is 0 Å². The Kier molecular flexibility index (Phi) is 4.84. The Morgan fingerprint density at radius 1 is 0.833 bits per heavy atom. The number of rotatable bonds is 6. The van der Waals surface area contributed by atoms with Gasteiger partial charge in [0.05, 0.1) is 22.7 Å². The van der Waals surface area contributed by atoms with Crippen LogP contribution in [0.1, 0.15) is 2.74 Å². The van der Waals surface area contributed by atoms with Crippen molar-refractivity contribution < 1.29 is 19.6 Å². The monoisotopic (exact) mass is 458 g/mol. The minimum atomic E-state index is -4.59. The summed E-state index contributed by atoms with van der Waals surface area (Å²) in [5.74, 6) is 0. The molecular weight excluding hydrogens is 440 g/mol. The highest BCUT2D eigenvalue weighted by molar-refractivity contribution is 8.10. The van der Waals surface area contributed by atoms with Crippen molar-refractivity contribution in [3.8, 4) is 0 Å². The van der Waals surface area contributed by atoms with Crippen LogP contribution in [-0.4, -0.2) is 32.6 Å². The van der Waals surface area contributed by atoms with E-state index in [0.717, 1.165) is 10.9 Å². The largest absolute Gasteiger partial charge is 0.230 e. The molecule has 0 atom stereocenters. The van der Waals surface area contributed by atoms with E-state index < -0.39 is 34.0 Å². The maximum Gasteiger partial charge on any atom is 0.209 e. The number of fused-ring (bicyclic) bond motifs is 1. The highest BCUT2D eigenvalue weighted by Gasteiger charge is 2.38. The van der Waals surface area contributed by atoms with Gasteiger partial charge in [0.1, 0.15) is 0 Å². The smallest absolute Gasteiger partial charge is 0.209 e. The van der Waals surface area contributed by atoms with Crippen LogP contribution in [0, 0.1) is 0 Å². The van der Waals surface area contributed by atoms with Crippen LogP contribution < -0.4 is 0 Å². The van der Waals surface area contributed by atoms with E-state index in [-0.39, 0.29) is 17.2 Å². The van der Waals surface area contributed by atoms with Crippen LogP contribution >= 0.6 is 11.3 Å². The minimum Gasteiger partial charge on any atom is -0.230 e. The van der Waals surface area contributed by atoms with Crippen molar-refractivity contribution in [1.29, 1.82) is 0 Å². The van der Waals surface area contributed by atoms with Crippen LogP contribution in [-0.2, 0) is 19.7 Å². The van der Waals surface area contributed by atoms with Gasteiger partial charge in [0, 0.05) is 6.21 Å². The first-order chi connectivity index (χ1) is 15.2. The molecule has 0 bridgehead atoms. The van der Waals surface area contributed by atoms with Crippen LogP contribution in [0.4, 0.5) is 5.13 Å². The molecule has 9 heteroatoms. The van der Waals surface area contributed by atoms with Crippen LogP contribution in [0.5, 0.6) is 0 Å². The van der Waals surface area contributed by atoms with Gasteiger partial charge in [-0.15, -0.1) is 0 Å². The summed E-state index contributed by atoms with van der Waals surface area (Å²) in [6, 6.07) is 17.2. The molecule has 30 heavy (non-hydrogen) atoms. The molecule has 0 aliphatic carbocycles. The van der Waals surface area contributed by atoms with E-state index in [0.29, 0.717) is 5.52 Å². The van der Waals surface area contributed by atoms with Gasteiger partial charge in [-0.2, -0.15) is 0 Å². The third-order valence-electron chi connectivity index (χ3n) is 4.18. The Hall–Kier alpha value is -2.88. The zero-order valence-corrected chi connectivity index (χ0v) is 17.8. The molecule has 0 unspecified atom stereocenters. The maximum absolute atomic E-state index is 13.4. The summed E-state index contributed by atoms with van der Waals surface area (Å²) >= 11 is 1.19. The number of para-hydroxylation sites is 1. The van der Waals surface area contributed by atoms with Crippen molar-refractivity contribution in [2.45, 2.75) is 14.4 Å². The lowest BCUT2D eigenvalue weighted by molar-refractivity contribution is 0.584. The Morgan fingerprint density at radius 2 is 1.40 bits per heavy atom. The van der Waals surface area contributed by atoms with Crippen molar-refractivity contribution in [3.05, 3.63) is 84.9 Å². The van der Waals surface area contributed by atoms with Gasteiger partial charge < -0.3 is 0 Å². The highest BCUT2D eigenvalue weighted by atomic mass is 32.3. The summed E-state index contributed by atoms with van der Waals surface area (Å²) in [7, 11) is -9.17. The summed E-state index contributed by atoms with van der Waals surface area (Å²) in [6.45, 7) is 0. The fourth-order valence-corrected chi connectivity index (χ4v) is 7.44. The van der Waals surface area contributed by atoms with Gasteiger partial charge in [-0.3, -0.25) is 0 Å². The lowest BCUT2D eigenvalue weighted by atomic mass is 10.3. The molecule has 0 aliphatic rings. The molecule has 0 saturated heterocycles. The zero-order chi connectivity index (χ0) is 22.9. The third kappa shape index (κ3) is 3.91.